The molecule has 2 nitrogen and oxygen atoms in total. The second kappa shape index (κ2) is 4.96. The molecule has 1 aromatic rings. The number of ether oxygens (including phenoxy) is 1. The molecule has 1 atom stereocenters. The Kier molecular flexibility index (Phi) is 3.57. The Bertz CT molecular complexity index is 407. The number of rotatable bonds is 5. The lowest BCUT2D eigenvalue weighted by molar-refractivity contribution is 0.179. The van der Waals surface area contributed by atoms with Gasteiger partial charge in [0.15, 0.2) is 11.6 Å². The van der Waals surface area contributed by atoms with Gasteiger partial charge >= 0.3 is 0 Å². The van der Waals surface area contributed by atoms with Crippen molar-refractivity contribution in [2.45, 2.75) is 18.9 Å². The molecule has 1 unspecified atom stereocenters. The minimum Gasteiger partial charge on any atom is -0.383 e. The maximum absolute atomic E-state index is 13.4. The summed E-state index contributed by atoms with van der Waals surface area (Å²) in [5.74, 6) is -2.60. The third-order valence-corrected chi connectivity index (χ3v) is 2.89. The summed E-state index contributed by atoms with van der Waals surface area (Å²) in [6, 6.07) is 1.34. The van der Waals surface area contributed by atoms with Gasteiger partial charge in [0.05, 0.1) is 18.3 Å². The second-order valence-electron chi connectivity index (χ2n) is 4.29. The molecule has 2 rings (SSSR count). The van der Waals surface area contributed by atoms with Crippen molar-refractivity contribution in [1.29, 1.82) is 0 Å². The summed E-state index contributed by atoms with van der Waals surface area (Å²) < 4.78 is 44.2. The molecule has 0 aromatic heterocycles. The van der Waals surface area contributed by atoms with Gasteiger partial charge in [0.2, 0.25) is 0 Å². The third-order valence-electron chi connectivity index (χ3n) is 2.89. The lowest BCUT2D eigenvalue weighted by Gasteiger charge is -2.19. The Morgan fingerprint density at radius 1 is 1.24 bits per heavy atom. The zero-order valence-electron chi connectivity index (χ0n) is 9.47. The first kappa shape index (κ1) is 12.2. The van der Waals surface area contributed by atoms with Crippen LogP contribution in [0.25, 0.3) is 0 Å². The molecule has 0 saturated heterocycles. The molecule has 1 aliphatic carbocycles. The molecule has 1 aromatic carbocycles. The maximum atomic E-state index is 13.4. The predicted octanol–water partition coefficient (Wildman–Crippen LogP) is 2.94. The van der Waals surface area contributed by atoms with Crippen LogP contribution in [0.4, 0.5) is 18.9 Å². The molecule has 0 heterocycles. The van der Waals surface area contributed by atoms with E-state index < -0.39 is 17.5 Å². The molecule has 1 saturated carbocycles. The fourth-order valence-electron chi connectivity index (χ4n) is 1.81. The lowest BCUT2D eigenvalue weighted by atomic mass is 10.1. The highest BCUT2D eigenvalue weighted by Gasteiger charge is 2.31. The van der Waals surface area contributed by atoms with Crippen LogP contribution in [0.5, 0.6) is 0 Å². The van der Waals surface area contributed by atoms with E-state index in [-0.39, 0.29) is 11.7 Å². The van der Waals surface area contributed by atoms with Crippen LogP contribution in [-0.2, 0) is 4.74 Å². The van der Waals surface area contributed by atoms with E-state index in [2.05, 4.69) is 5.32 Å². The van der Waals surface area contributed by atoms with Gasteiger partial charge in [-0.15, -0.1) is 0 Å². The van der Waals surface area contributed by atoms with E-state index in [1.54, 1.807) is 7.11 Å². The molecule has 5 heteroatoms. The molecule has 1 fully saturated rings. The summed E-state index contributed by atoms with van der Waals surface area (Å²) in [5, 5.41) is 2.87. The number of hydrogen-bond donors (Lipinski definition) is 1. The van der Waals surface area contributed by atoms with Gasteiger partial charge in [-0.2, -0.15) is 0 Å². The van der Waals surface area contributed by atoms with Gasteiger partial charge in [0, 0.05) is 19.2 Å². The number of hydrogen-bond acceptors (Lipinski definition) is 2. The van der Waals surface area contributed by atoms with E-state index in [4.69, 9.17) is 4.74 Å². The van der Waals surface area contributed by atoms with Gasteiger partial charge in [-0.05, 0) is 18.8 Å². The molecule has 0 bridgehead atoms. The van der Waals surface area contributed by atoms with Crippen molar-refractivity contribution in [2.24, 2.45) is 5.92 Å². The van der Waals surface area contributed by atoms with Gasteiger partial charge in [-0.3, -0.25) is 0 Å². The van der Waals surface area contributed by atoms with E-state index in [1.165, 1.54) is 0 Å². The number of anilines is 1. The van der Waals surface area contributed by atoms with Crippen LogP contribution >= 0.6 is 0 Å². The molecular weight excluding hydrogens is 231 g/mol. The fraction of sp³-hybridized carbons (Fsp3) is 0.500. The average molecular weight is 245 g/mol. The van der Waals surface area contributed by atoms with Crippen molar-refractivity contribution in [2.75, 3.05) is 19.0 Å². The minimum atomic E-state index is -1.18. The Morgan fingerprint density at radius 2 is 1.88 bits per heavy atom. The summed E-state index contributed by atoms with van der Waals surface area (Å²) in [6.07, 6.45) is 2.10. The van der Waals surface area contributed by atoms with Gasteiger partial charge in [0.1, 0.15) is 5.82 Å². The summed E-state index contributed by atoms with van der Waals surface area (Å²) >= 11 is 0. The maximum Gasteiger partial charge on any atom is 0.161 e. The standard InChI is InChI=1S/C12H14F3NO/c1-17-6-12(7-2-3-7)16-11-5-9(14)8(13)4-10(11)15/h4-5,7,12,16H,2-3,6H2,1H3. The Balaban J connectivity index is 2.13. The van der Waals surface area contributed by atoms with Crippen LogP contribution in [0, 0.1) is 23.4 Å². The molecule has 1 N–H and O–H groups in total. The lowest BCUT2D eigenvalue weighted by Crippen LogP contribution is -2.27. The van der Waals surface area contributed by atoms with E-state index in [9.17, 15) is 13.2 Å². The normalized spacial score (nSPS) is 16.9. The van der Waals surface area contributed by atoms with E-state index in [1.807, 2.05) is 0 Å². The molecule has 0 spiro atoms. The van der Waals surface area contributed by atoms with Crippen LogP contribution < -0.4 is 5.32 Å². The zero-order chi connectivity index (χ0) is 12.4. The first-order valence-corrected chi connectivity index (χ1v) is 5.52. The SMILES string of the molecule is COCC(Nc1cc(F)c(F)cc1F)C1CC1. The molecular formula is C12H14F3NO. The highest BCUT2D eigenvalue weighted by atomic mass is 19.2. The predicted molar refractivity (Wildman–Crippen MR) is 58.3 cm³/mol. The number of nitrogens with one attached hydrogen (secondary N) is 1. The van der Waals surface area contributed by atoms with Gasteiger partial charge in [-0.1, -0.05) is 0 Å². The topological polar surface area (TPSA) is 21.3 Å². The average Bonchev–Trinajstić information content (AvgIpc) is 3.08. The summed E-state index contributed by atoms with van der Waals surface area (Å²) in [5.41, 5.74) is -0.0159. The summed E-state index contributed by atoms with van der Waals surface area (Å²) in [4.78, 5) is 0. The van der Waals surface area contributed by atoms with Crippen molar-refractivity contribution in [3.8, 4) is 0 Å². The summed E-state index contributed by atoms with van der Waals surface area (Å²) in [6.45, 7) is 0.420. The monoisotopic (exact) mass is 245 g/mol. The van der Waals surface area contributed by atoms with Crippen molar-refractivity contribution in [3.05, 3.63) is 29.6 Å². The highest BCUT2D eigenvalue weighted by molar-refractivity contribution is 5.46. The van der Waals surface area contributed by atoms with Gasteiger partial charge in [-0.25, -0.2) is 13.2 Å². The molecule has 0 aliphatic heterocycles. The minimum absolute atomic E-state index is 0.0159. The van der Waals surface area contributed by atoms with Gasteiger partial charge < -0.3 is 10.1 Å². The largest absolute Gasteiger partial charge is 0.383 e. The van der Waals surface area contributed by atoms with Crippen LogP contribution in [-0.4, -0.2) is 19.8 Å². The number of halogens is 3. The van der Waals surface area contributed by atoms with E-state index >= 15 is 0 Å². The second-order valence-corrected chi connectivity index (χ2v) is 4.29. The Morgan fingerprint density at radius 3 is 2.47 bits per heavy atom. The molecule has 0 amide bonds. The van der Waals surface area contributed by atoms with Crippen LogP contribution in [0.2, 0.25) is 0 Å². The van der Waals surface area contributed by atoms with Crippen LogP contribution in [0.15, 0.2) is 12.1 Å². The highest BCUT2D eigenvalue weighted by Crippen LogP contribution is 2.35. The van der Waals surface area contributed by atoms with Crippen molar-refractivity contribution >= 4 is 5.69 Å². The number of benzene rings is 1. The van der Waals surface area contributed by atoms with E-state index in [0.717, 1.165) is 18.9 Å². The third kappa shape index (κ3) is 2.91. The fourth-order valence-corrected chi connectivity index (χ4v) is 1.81. The van der Waals surface area contributed by atoms with E-state index in [0.29, 0.717) is 18.6 Å². The van der Waals surface area contributed by atoms with Gasteiger partial charge in [0.25, 0.3) is 0 Å². The zero-order valence-corrected chi connectivity index (χ0v) is 9.47. The van der Waals surface area contributed by atoms with Crippen LogP contribution in [0.3, 0.4) is 0 Å². The smallest absolute Gasteiger partial charge is 0.161 e. The first-order chi connectivity index (χ1) is 8.11. The number of methoxy groups -OCH3 is 1. The summed E-state index contributed by atoms with van der Waals surface area (Å²) in [7, 11) is 1.55. The Hall–Kier alpha value is -1.23. The Labute approximate surface area is 97.8 Å². The molecule has 94 valence electrons. The first-order valence-electron chi connectivity index (χ1n) is 5.52. The van der Waals surface area contributed by atoms with Crippen molar-refractivity contribution < 1.29 is 17.9 Å². The van der Waals surface area contributed by atoms with Crippen LogP contribution in [0.1, 0.15) is 12.8 Å². The molecule has 0 radical (unpaired) electrons. The van der Waals surface area contributed by atoms with Crippen molar-refractivity contribution in [1.82, 2.24) is 0 Å². The quantitative estimate of drug-likeness (QED) is 0.805. The van der Waals surface area contributed by atoms with Crippen molar-refractivity contribution in [3.63, 3.8) is 0 Å². The molecule has 17 heavy (non-hydrogen) atoms. The molecule has 1 aliphatic rings.